The maximum Gasteiger partial charge on any atom is 0.258 e. The van der Waals surface area contributed by atoms with Crippen LogP contribution in [0.2, 0.25) is 0 Å². The molecule has 0 N–H and O–H groups in total. The van der Waals surface area contributed by atoms with Crippen LogP contribution in [0.1, 0.15) is 40.8 Å². The highest BCUT2D eigenvalue weighted by Crippen LogP contribution is 2.33. The fraction of sp³-hybridized carbons (Fsp3) is 0.400. The second kappa shape index (κ2) is 13.7. The number of carbonyl (C=O) groups excluding carboxylic acids is 2. The Balaban J connectivity index is 1.57. The van der Waals surface area contributed by atoms with Gasteiger partial charge in [0.25, 0.3) is 5.91 Å². The van der Waals surface area contributed by atoms with Crippen LogP contribution in [0.5, 0.6) is 23.0 Å². The van der Waals surface area contributed by atoms with Crippen LogP contribution in [0.25, 0.3) is 0 Å². The van der Waals surface area contributed by atoms with E-state index in [-0.39, 0.29) is 31.7 Å². The van der Waals surface area contributed by atoms with Gasteiger partial charge in [-0.25, -0.2) is 0 Å². The highest BCUT2D eigenvalue weighted by Gasteiger charge is 2.26. The predicted molar refractivity (Wildman–Crippen MR) is 147 cm³/mol. The number of amides is 2. The Labute approximate surface area is 234 Å². The summed E-state index contributed by atoms with van der Waals surface area (Å²) in [6.07, 6.45) is 0.574. The zero-order valence-corrected chi connectivity index (χ0v) is 23.4. The number of methoxy groups -OCH3 is 2. The molecule has 40 heavy (non-hydrogen) atoms. The molecule has 4 rings (SSSR count). The van der Waals surface area contributed by atoms with Crippen LogP contribution in [0.3, 0.4) is 0 Å². The Bertz CT molecular complexity index is 1300. The van der Waals surface area contributed by atoms with Gasteiger partial charge in [0.2, 0.25) is 12.7 Å². The molecular weight excluding hydrogens is 516 g/mol. The first kappa shape index (κ1) is 28.8. The van der Waals surface area contributed by atoms with Crippen molar-refractivity contribution in [1.29, 1.82) is 0 Å². The molecule has 0 fully saturated rings. The van der Waals surface area contributed by atoms with E-state index in [2.05, 4.69) is 0 Å². The lowest BCUT2D eigenvalue weighted by atomic mass is 10.1. The normalized spacial score (nSPS) is 11.8. The molecule has 0 saturated heterocycles. The third-order valence-electron chi connectivity index (χ3n) is 6.48. The molecule has 0 spiro atoms. The summed E-state index contributed by atoms with van der Waals surface area (Å²) in [6, 6.07) is 14.3. The average Bonchev–Trinajstić information content (AvgIpc) is 3.61. The number of nitrogens with zero attached hydrogens (tertiary/aromatic N) is 2. The van der Waals surface area contributed by atoms with Crippen molar-refractivity contribution >= 4 is 11.8 Å². The number of aryl methyl sites for hydroxylation is 1. The average molecular weight is 553 g/mol. The van der Waals surface area contributed by atoms with Gasteiger partial charge >= 0.3 is 0 Å². The third-order valence-corrected chi connectivity index (χ3v) is 6.48. The lowest BCUT2D eigenvalue weighted by Gasteiger charge is -2.28. The van der Waals surface area contributed by atoms with Crippen molar-refractivity contribution in [3.05, 3.63) is 71.2 Å². The number of furan rings is 1. The minimum absolute atomic E-state index is 0.135. The summed E-state index contributed by atoms with van der Waals surface area (Å²) in [7, 11) is 3.04. The van der Waals surface area contributed by atoms with Crippen LogP contribution in [0.15, 0.2) is 52.9 Å². The van der Waals surface area contributed by atoms with Crippen LogP contribution in [0, 0.1) is 6.92 Å². The van der Waals surface area contributed by atoms with Gasteiger partial charge in [-0.1, -0.05) is 6.07 Å². The summed E-state index contributed by atoms with van der Waals surface area (Å²) < 4.78 is 33.0. The lowest BCUT2D eigenvalue weighted by molar-refractivity contribution is -0.133. The second-order valence-electron chi connectivity index (χ2n) is 9.29. The first-order valence-corrected chi connectivity index (χ1v) is 13.2. The highest BCUT2D eigenvalue weighted by atomic mass is 16.7. The van der Waals surface area contributed by atoms with E-state index in [1.165, 1.54) is 12.0 Å². The van der Waals surface area contributed by atoms with Gasteiger partial charge in [-0.05, 0) is 62.2 Å². The number of ether oxygens (including phenoxy) is 5. The number of benzene rings is 2. The molecule has 1 aliphatic heterocycles. The summed E-state index contributed by atoms with van der Waals surface area (Å²) in [6.45, 7) is 5.72. The molecule has 2 heterocycles. The summed E-state index contributed by atoms with van der Waals surface area (Å²) in [5.74, 6) is 3.10. The summed E-state index contributed by atoms with van der Waals surface area (Å²) in [4.78, 5) is 30.8. The van der Waals surface area contributed by atoms with Gasteiger partial charge in [0.1, 0.15) is 29.6 Å². The summed E-state index contributed by atoms with van der Waals surface area (Å²) in [5.41, 5.74) is 1.21. The fourth-order valence-electron chi connectivity index (χ4n) is 4.41. The maximum atomic E-state index is 13.8. The van der Waals surface area contributed by atoms with Crippen LogP contribution in [-0.4, -0.2) is 68.9 Å². The van der Waals surface area contributed by atoms with Crippen molar-refractivity contribution < 1.29 is 37.7 Å². The largest absolute Gasteiger partial charge is 0.497 e. The fourth-order valence-corrected chi connectivity index (χ4v) is 4.41. The Morgan fingerprint density at radius 2 is 1.75 bits per heavy atom. The number of hydrogen-bond acceptors (Lipinski definition) is 8. The highest BCUT2D eigenvalue weighted by molar-refractivity contribution is 5.99. The van der Waals surface area contributed by atoms with Crippen LogP contribution >= 0.6 is 0 Å². The molecule has 2 amide bonds. The monoisotopic (exact) mass is 552 g/mol. The van der Waals surface area contributed by atoms with Gasteiger partial charge < -0.3 is 37.9 Å². The Morgan fingerprint density at radius 3 is 2.48 bits per heavy atom. The summed E-state index contributed by atoms with van der Waals surface area (Å²) >= 11 is 0. The standard InChI is InChI=1S/C30H36N2O8/c1-5-37-14-6-13-31(30(34)25-11-10-23(35-3)16-27(25)36-4)19-29(33)32(18-24-9-7-21(2)40-24)17-22-8-12-26-28(15-22)39-20-38-26/h7-12,15-16H,5-6,13-14,17-20H2,1-4H3. The van der Waals surface area contributed by atoms with E-state index >= 15 is 0 Å². The minimum atomic E-state index is -0.318. The molecule has 0 aliphatic carbocycles. The third kappa shape index (κ3) is 7.26. The maximum absolute atomic E-state index is 13.8. The molecule has 0 radical (unpaired) electrons. The van der Waals surface area contributed by atoms with Crippen molar-refractivity contribution in [2.24, 2.45) is 0 Å². The Hall–Kier alpha value is -4.18. The van der Waals surface area contributed by atoms with Crippen molar-refractivity contribution in [1.82, 2.24) is 9.80 Å². The van der Waals surface area contributed by atoms with Gasteiger partial charge in [0.15, 0.2) is 11.5 Å². The number of carbonyl (C=O) groups is 2. The Kier molecular flexibility index (Phi) is 9.91. The van der Waals surface area contributed by atoms with E-state index in [1.54, 1.807) is 30.2 Å². The zero-order valence-electron chi connectivity index (χ0n) is 23.4. The predicted octanol–water partition coefficient (Wildman–Crippen LogP) is 4.43. The molecule has 0 bridgehead atoms. The van der Waals surface area contributed by atoms with Crippen molar-refractivity contribution in [2.45, 2.75) is 33.4 Å². The van der Waals surface area contributed by atoms with E-state index in [0.29, 0.717) is 67.0 Å². The van der Waals surface area contributed by atoms with Crippen molar-refractivity contribution in [3.63, 3.8) is 0 Å². The summed E-state index contributed by atoms with van der Waals surface area (Å²) in [5, 5.41) is 0. The van der Waals surface area contributed by atoms with Gasteiger partial charge in [-0.3, -0.25) is 9.59 Å². The van der Waals surface area contributed by atoms with E-state index < -0.39 is 0 Å². The number of hydrogen-bond donors (Lipinski definition) is 0. The van der Waals surface area contributed by atoms with Crippen molar-refractivity contribution in [2.75, 3.05) is 47.3 Å². The van der Waals surface area contributed by atoms with E-state index in [1.807, 2.05) is 44.2 Å². The van der Waals surface area contributed by atoms with Gasteiger partial charge in [0, 0.05) is 32.4 Å². The lowest BCUT2D eigenvalue weighted by Crippen LogP contribution is -2.43. The minimum Gasteiger partial charge on any atom is -0.497 e. The van der Waals surface area contributed by atoms with Crippen molar-refractivity contribution in [3.8, 4) is 23.0 Å². The molecule has 0 unspecified atom stereocenters. The molecule has 1 aromatic heterocycles. The molecular formula is C30H36N2O8. The Morgan fingerprint density at radius 1 is 0.925 bits per heavy atom. The van der Waals surface area contributed by atoms with Crippen LogP contribution < -0.4 is 18.9 Å². The molecule has 2 aromatic carbocycles. The van der Waals surface area contributed by atoms with E-state index in [0.717, 1.165) is 11.3 Å². The first-order valence-electron chi connectivity index (χ1n) is 13.2. The topological polar surface area (TPSA) is 99.9 Å². The molecule has 3 aromatic rings. The quantitative estimate of drug-likeness (QED) is 0.271. The van der Waals surface area contributed by atoms with Gasteiger partial charge in [0.05, 0.1) is 26.3 Å². The van der Waals surface area contributed by atoms with Crippen LogP contribution in [0.4, 0.5) is 0 Å². The number of rotatable bonds is 14. The second-order valence-corrected chi connectivity index (χ2v) is 9.29. The SMILES string of the molecule is CCOCCCN(CC(=O)N(Cc1ccc2c(c1)OCO2)Cc1ccc(C)o1)C(=O)c1ccc(OC)cc1OC. The molecule has 10 heteroatoms. The van der Waals surface area contributed by atoms with Gasteiger partial charge in [-0.2, -0.15) is 0 Å². The first-order chi connectivity index (χ1) is 19.4. The van der Waals surface area contributed by atoms with E-state index in [4.69, 9.17) is 28.1 Å². The molecule has 10 nitrogen and oxygen atoms in total. The number of fused-ring (bicyclic) bond motifs is 1. The molecule has 0 atom stereocenters. The molecule has 0 saturated carbocycles. The van der Waals surface area contributed by atoms with Crippen LogP contribution in [-0.2, 0) is 22.6 Å². The zero-order chi connectivity index (χ0) is 28.5. The molecule has 214 valence electrons. The van der Waals surface area contributed by atoms with E-state index in [9.17, 15) is 9.59 Å². The van der Waals surface area contributed by atoms with Gasteiger partial charge in [-0.15, -0.1) is 0 Å². The molecule has 1 aliphatic rings. The smallest absolute Gasteiger partial charge is 0.258 e.